The van der Waals surface area contributed by atoms with Crippen molar-refractivity contribution in [3.8, 4) is 0 Å². The molecular weight excluding hydrogens is 320 g/mol. The third-order valence-electron chi connectivity index (χ3n) is 3.91. The number of oxazole rings is 1. The zero-order chi connectivity index (χ0) is 16.8. The zero-order valence-corrected chi connectivity index (χ0v) is 14.4. The van der Waals surface area contributed by atoms with Crippen molar-refractivity contribution in [3.05, 3.63) is 60.2 Å². The minimum absolute atomic E-state index is 0.00311. The van der Waals surface area contributed by atoms with Crippen molar-refractivity contribution in [2.75, 3.05) is 12.3 Å². The van der Waals surface area contributed by atoms with Crippen LogP contribution in [0.25, 0.3) is 11.1 Å². The fourth-order valence-corrected chi connectivity index (χ4v) is 3.22. The Balaban J connectivity index is 1.50. The van der Waals surface area contributed by atoms with Crippen LogP contribution in [0.2, 0.25) is 0 Å². The van der Waals surface area contributed by atoms with E-state index >= 15 is 0 Å². The summed E-state index contributed by atoms with van der Waals surface area (Å²) in [5.74, 6) is 0.638. The van der Waals surface area contributed by atoms with Gasteiger partial charge in [-0.3, -0.25) is 4.79 Å². The Morgan fingerprint density at radius 2 is 1.92 bits per heavy atom. The molecular formula is C19H20N2O2S. The molecule has 1 heterocycles. The third-order valence-corrected chi connectivity index (χ3v) is 4.74. The Hall–Kier alpha value is -2.27. The molecule has 0 saturated carbocycles. The molecule has 0 saturated heterocycles. The highest BCUT2D eigenvalue weighted by Gasteiger charge is 2.12. The molecule has 1 atom stereocenters. The lowest BCUT2D eigenvalue weighted by molar-refractivity contribution is -0.118. The number of amides is 1. The molecule has 4 nitrogen and oxygen atoms in total. The molecule has 0 bridgehead atoms. The molecule has 5 heteroatoms. The second kappa shape index (κ2) is 8.02. The molecule has 1 amide bonds. The average Bonchev–Trinajstić information content (AvgIpc) is 3.04. The molecule has 1 aromatic heterocycles. The lowest BCUT2D eigenvalue weighted by atomic mass is 9.96. The molecule has 124 valence electrons. The van der Waals surface area contributed by atoms with E-state index in [0.29, 0.717) is 23.4 Å². The lowest BCUT2D eigenvalue weighted by Crippen LogP contribution is -2.29. The van der Waals surface area contributed by atoms with Crippen molar-refractivity contribution < 1.29 is 9.21 Å². The Morgan fingerprint density at radius 3 is 2.67 bits per heavy atom. The first-order chi connectivity index (χ1) is 11.8. The van der Waals surface area contributed by atoms with Crippen molar-refractivity contribution >= 4 is 28.8 Å². The monoisotopic (exact) mass is 340 g/mol. The van der Waals surface area contributed by atoms with Gasteiger partial charge in [-0.25, -0.2) is 4.98 Å². The number of hydrogen-bond acceptors (Lipinski definition) is 4. The number of carbonyl (C=O) groups excluding carboxylic acids is 1. The highest BCUT2D eigenvalue weighted by molar-refractivity contribution is 7.99. The maximum absolute atomic E-state index is 12.1. The summed E-state index contributed by atoms with van der Waals surface area (Å²) in [6.07, 6.45) is 0.989. The smallest absolute Gasteiger partial charge is 0.257 e. The summed E-state index contributed by atoms with van der Waals surface area (Å²) in [4.78, 5) is 16.4. The molecule has 0 radical (unpaired) electrons. The summed E-state index contributed by atoms with van der Waals surface area (Å²) < 4.78 is 5.61. The predicted molar refractivity (Wildman–Crippen MR) is 97.2 cm³/mol. The van der Waals surface area contributed by atoms with Crippen LogP contribution in [0.1, 0.15) is 24.8 Å². The fraction of sp³-hybridized carbons (Fsp3) is 0.263. The van der Waals surface area contributed by atoms with E-state index in [4.69, 9.17) is 4.42 Å². The van der Waals surface area contributed by atoms with Crippen LogP contribution in [0.3, 0.4) is 0 Å². The number of carbonyl (C=O) groups is 1. The summed E-state index contributed by atoms with van der Waals surface area (Å²) in [6.45, 7) is 2.78. The van der Waals surface area contributed by atoms with Gasteiger partial charge >= 0.3 is 0 Å². The number of fused-ring (bicyclic) bond motifs is 1. The Morgan fingerprint density at radius 1 is 1.17 bits per heavy atom. The SMILES string of the molecule is CCC(CNC(=O)CSc1nc2ccccc2o1)c1ccccc1. The number of benzene rings is 2. The van der Waals surface area contributed by atoms with Gasteiger partial charge in [-0.05, 0) is 24.1 Å². The van der Waals surface area contributed by atoms with Gasteiger partial charge in [0, 0.05) is 12.5 Å². The second-order valence-electron chi connectivity index (χ2n) is 5.56. The first-order valence-corrected chi connectivity index (χ1v) is 9.05. The quantitative estimate of drug-likeness (QED) is 0.654. The van der Waals surface area contributed by atoms with E-state index < -0.39 is 0 Å². The molecule has 0 aliphatic heterocycles. The highest BCUT2D eigenvalue weighted by Crippen LogP contribution is 2.23. The molecule has 0 spiro atoms. The van der Waals surface area contributed by atoms with Gasteiger partial charge in [0.05, 0.1) is 5.75 Å². The number of thioether (sulfide) groups is 1. The van der Waals surface area contributed by atoms with Gasteiger partial charge in [-0.15, -0.1) is 0 Å². The second-order valence-corrected chi connectivity index (χ2v) is 6.48. The van der Waals surface area contributed by atoms with E-state index in [-0.39, 0.29) is 5.91 Å². The molecule has 0 aliphatic carbocycles. The van der Waals surface area contributed by atoms with Crippen LogP contribution >= 0.6 is 11.8 Å². The van der Waals surface area contributed by atoms with Gasteiger partial charge in [-0.1, -0.05) is 61.2 Å². The summed E-state index contributed by atoms with van der Waals surface area (Å²) in [5, 5.41) is 3.54. The average molecular weight is 340 g/mol. The van der Waals surface area contributed by atoms with Crippen LogP contribution in [0.5, 0.6) is 0 Å². The van der Waals surface area contributed by atoms with Gasteiger partial charge in [0.25, 0.3) is 5.22 Å². The van der Waals surface area contributed by atoms with Gasteiger partial charge in [0.15, 0.2) is 5.58 Å². The van der Waals surface area contributed by atoms with Crippen LogP contribution in [0.4, 0.5) is 0 Å². The van der Waals surface area contributed by atoms with Crippen LogP contribution < -0.4 is 5.32 Å². The zero-order valence-electron chi connectivity index (χ0n) is 13.6. The van der Waals surface area contributed by atoms with Gasteiger partial charge < -0.3 is 9.73 Å². The molecule has 0 fully saturated rings. The summed E-state index contributed by atoms with van der Waals surface area (Å²) in [7, 11) is 0. The highest BCUT2D eigenvalue weighted by atomic mass is 32.2. The summed E-state index contributed by atoms with van der Waals surface area (Å²) >= 11 is 1.32. The topological polar surface area (TPSA) is 55.1 Å². The van der Waals surface area contributed by atoms with Crippen molar-refractivity contribution in [2.45, 2.75) is 24.5 Å². The molecule has 24 heavy (non-hydrogen) atoms. The van der Waals surface area contributed by atoms with Crippen LogP contribution in [0, 0.1) is 0 Å². The van der Waals surface area contributed by atoms with Gasteiger partial charge in [0.1, 0.15) is 5.52 Å². The van der Waals surface area contributed by atoms with Gasteiger partial charge in [0.2, 0.25) is 5.91 Å². The van der Waals surface area contributed by atoms with E-state index in [1.807, 2.05) is 42.5 Å². The van der Waals surface area contributed by atoms with E-state index in [1.165, 1.54) is 17.3 Å². The number of nitrogens with one attached hydrogen (secondary N) is 1. The predicted octanol–water partition coefficient (Wildman–Crippen LogP) is 4.23. The van der Waals surface area contributed by atoms with E-state index in [1.54, 1.807) is 0 Å². The third kappa shape index (κ3) is 4.17. The van der Waals surface area contributed by atoms with Gasteiger partial charge in [-0.2, -0.15) is 0 Å². The maximum atomic E-state index is 12.1. The lowest BCUT2D eigenvalue weighted by Gasteiger charge is -2.15. The molecule has 2 aromatic carbocycles. The first kappa shape index (κ1) is 16.6. The summed E-state index contributed by atoms with van der Waals surface area (Å²) in [6, 6.07) is 17.9. The maximum Gasteiger partial charge on any atom is 0.257 e. The van der Waals surface area contributed by atoms with Crippen LogP contribution in [0.15, 0.2) is 64.2 Å². The first-order valence-electron chi connectivity index (χ1n) is 8.06. The van der Waals surface area contributed by atoms with Crippen molar-refractivity contribution in [1.82, 2.24) is 10.3 Å². The van der Waals surface area contributed by atoms with E-state index in [0.717, 1.165) is 17.5 Å². The number of aromatic nitrogens is 1. The van der Waals surface area contributed by atoms with Crippen LogP contribution in [-0.2, 0) is 4.79 Å². The largest absolute Gasteiger partial charge is 0.431 e. The molecule has 3 aromatic rings. The van der Waals surface area contributed by atoms with Crippen molar-refractivity contribution in [2.24, 2.45) is 0 Å². The molecule has 1 unspecified atom stereocenters. The molecule has 0 aliphatic rings. The minimum Gasteiger partial charge on any atom is -0.431 e. The van der Waals surface area contributed by atoms with Crippen molar-refractivity contribution in [1.29, 1.82) is 0 Å². The Bertz CT molecular complexity index is 768. The Labute approximate surface area is 145 Å². The fourth-order valence-electron chi connectivity index (χ4n) is 2.55. The number of para-hydroxylation sites is 2. The number of hydrogen-bond donors (Lipinski definition) is 1. The van der Waals surface area contributed by atoms with Crippen molar-refractivity contribution in [3.63, 3.8) is 0 Å². The Kier molecular flexibility index (Phi) is 5.54. The van der Waals surface area contributed by atoms with E-state index in [2.05, 4.69) is 29.4 Å². The minimum atomic E-state index is -0.00311. The molecule has 1 N–H and O–H groups in total. The number of rotatable bonds is 7. The normalized spacial score (nSPS) is 12.2. The van der Waals surface area contributed by atoms with E-state index in [9.17, 15) is 4.79 Å². The number of nitrogens with zero attached hydrogens (tertiary/aromatic N) is 1. The van der Waals surface area contributed by atoms with Crippen LogP contribution in [-0.4, -0.2) is 23.2 Å². The summed E-state index contributed by atoms with van der Waals surface area (Å²) in [5.41, 5.74) is 2.82. The molecule has 3 rings (SSSR count). The standard InChI is InChI=1S/C19H20N2O2S/c1-2-14(15-8-4-3-5-9-15)12-20-18(22)13-24-19-21-16-10-6-7-11-17(16)23-19/h3-11,14H,2,12-13H2,1H3,(H,20,22).